The molecule has 1 aliphatic rings. The van der Waals surface area contributed by atoms with Crippen LogP contribution in [0.2, 0.25) is 0 Å². The number of ether oxygens (including phenoxy) is 2. The van der Waals surface area contributed by atoms with Gasteiger partial charge < -0.3 is 9.47 Å². The zero-order valence-electron chi connectivity index (χ0n) is 12.4. The summed E-state index contributed by atoms with van der Waals surface area (Å²) in [4.78, 5) is 12.1. The summed E-state index contributed by atoms with van der Waals surface area (Å²) < 4.78 is 10.5. The lowest BCUT2D eigenvalue weighted by atomic mass is 9.80. The van der Waals surface area contributed by atoms with Crippen LogP contribution in [0.5, 0.6) is 11.5 Å². The van der Waals surface area contributed by atoms with Crippen LogP contribution in [0.4, 0.5) is 0 Å². The Morgan fingerprint density at radius 2 is 1.70 bits per heavy atom. The number of carbonyl (C=O) groups is 1. The van der Waals surface area contributed by atoms with Crippen molar-refractivity contribution in [3.63, 3.8) is 0 Å². The van der Waals surface area contributed by atoms with Crippen molar-refractivity contribution in [3.8, 4) is 11.5 Å². The van der Waals surface area contributed by atoms with E-state index in [1.54, 1.807) is 31.4 Å². The molecule has 20 heavy (non-hydrogen) atoms. The third kappa shape index (κ3) is 3.99. The molecule has 1 aromatic carbocycles. The summed E-state index contributed by atoms with van der Waals surface area (Å²) >= 11 is 0. The summed E-state index contributed by atoms with van der Waals surface area (Å²) in [5, 5.41) is 0. The summed E-state index contributed by atoms with van der Waals surface area (Å²) in [6.45, 7) is 2.23. The van der Waals surface area contributed by atoms with Gasteiger partial charge in [-0.15, -0.1) is 0 Å². The summed E-state index contributed by atoms with van der Waals surface area (Å²) in [5.74, 6) is 2.18. The standard InChI is InChI=1S/C17H24O3/c1-3-4-13-5-7-14(8-6-13)17(18)20-16-11-9-15(19-2)10-12-16/h9-14H,3-8H2,1-2H3. The Balaban J connectivity index is 1.83. The Morgan fingerprint density at radius 1 is 1.10 bits per heavy atom. The molecular formula is C17H24O3. The van der Waals surface area contributed by atoms with Crippen molar-refractivity contribution in [2.24, 2.45) is 11.8 Å². The van der Waals surface area contributed by atoms with Crippen molar-refractivity contribution in [2.45, 2.75) is 45.4 Å². The first-order valence-corrected chi connectivity index (χ1v) is 7.58. The quantitative estimate of drug-likeness (QED) is 0.597. The Kier molecular flexibility index (Phi) is 5.45. The predicted molar refractivity (Wildman–Crippen MR) is 79.0 cm³/mol. The molecule has 0 atom stereocenters. The van der Waals surface area contributed by atoms with Crippen LogP contribution in [-0.4, -0.2) is 13.1 Å². The summed E-state index contributed by atoms with van der Waals surface area (Å²) in [6, 6.07) is 7.17. The SMILES string of the molecule is CCCC1CCC(C(=O)Oc2ccc(OC)cc2)CC1. The Labute approximate surface area is 121 Å². The van der Waals surface area contributed by atoms with Crippen LogP contribution >= 0.6 is 0 Å². The molecule has 0 aliphatic heterocycles. The highest BCUT2D eigenvalue weighted by Gasteiger charge is 2.27. The van der Waals surface area contributed by atoms with E-state index in [-0.39, 0.29) is 11.9 Å². The maximum Gasteiger partial charge on any atom is 0.314 e. The lowest BCUT2D eigenvalue weighted by Crippen LogP contribution is -2.25. The molecule has 0 unspecified atom stereocenters. The highest BCUT2D eigenvalue weighted by Crippen LogP contribution is 2.32. The van der Waals surface area contributed by atoms with E-state index >= 15 is 0 Å². The second-order valence-corrected chi connectivity index (χ2v) is 5.60. The van der Waals surface area contributed by atoms with Gasteiger partial charge in [-0.25, -0.2) is 0 Å². The predicted octanol–water partition coefficient (Wildman–Crippen LogP) is 4.21. The van der Waals surface area contributed by atoms with Crippen LogP contribution in [-0.2, 0) is 4.79 Å². The van der Waals surface area contributed by atoms with E-state index in [4.69, 9.17) is 9.47 Å². The van der Waals surface area contributed by atoms with Gasteiger partial charge in [0.25, 0.3) is 0 Å². The molecule has 1 aromatic rings. The highest BCUT2D eigenvalue weighted by molar-refractivity contribution is 5.75. The molecule has 1 saturated carbocycles. The van der Waals surface area contributed by atoms with Crippen LogP contribution < -0.4 is 9.47 Å². The third-order valence-corrected chi connectivity index (χ3v) is 4.15. The van der Waals surface area contributed by atoms with E-state index in [0.29, 0.717) is 5.75 Å². The second kappa shape index (κ2) is 7.32. The van der Waals surface area contributed by atoms with Gasteiger partial charge in [0.15, 0.2) is 0 Å². The summed E-state index contributed by atoms with van der Waals surface area (Å²) in [7, 11) is 1.62. The van der Waals surface area contributed by atoms with E-state index in [9.17, 15) is 4.79 Å². The van der Waals surface area contributed by atoms with E-state index in [2.05, 4.69) is 6.92 Å². The molecule has 0 aromatic heterocycles. The number of benzene rings is 1. The largest absolute Gasteiger partial charge is 0.497 e. The van der Waals surface area contributed by atoms with Gasteiger partial charge in [-0.2, -0.15) is 0 Å². The third-order valence-electron chi connectivity index (χ3n) is 4.15. The van der Waals surface area contributed by atoms with Crippen molar-refractivity contribution in [2.75, 3.05) is 7.11 Å². The van der Waals surface area contributed by atoms with E-state index in [1.165, 1.54) is 12.8 Å². The topological polar surface area (TPSA) is 35.5 Å². The Hall–Kier alpha value is -1.51. The lowest BCUT2D eigenvalue weighted by molar-refractivity contribution is -0.140. The van der Waals surface area contributed by atoms with E-state index in [1.807, 2.05) is 0 Å². The van der Waals surface area contributed by atoms with Gasteiger partial charge in [0.2, 0.25) is 0 Å². The molecule has 0 saturated heterocycles. The first-order chi connectivity index (χ1) is 9.72. The molecule has 0 spiro atoms. The fourth-order valence-corrected chi connectivity index (χ4v) is 2.94. The van der Waals surface area contributed by atoms with Crippen molar-refractivity contribution < 1.29 is 14.3 Å². The Bertz CT molecular complexity index is 416. The smallest absolute Gasteiger partial charge is 0.314 e. The number of methoxy groups -OCH3 is 1. The molecule has 110 valence electrons. The van der Waals surface area contributed by atoms with Crippen molar-refractivity contribution >= 4 is 5.97 Å². The van der Waals surface area contributed by atoms with Crippen LogP contribution in [0.25, 0.3) is 0 Å². The average Bonchev–Trinajstić information content (AvgIpc) is 2.49. The minimum atomic E-state index is -0.0786. The fourth-order valence-electron chi connectivity index (χ4n) is 2.94. The molecule has 1 aliphatic carbocycles. The van der Waals surface area contributed by atoms with Crippen LogP contribution in [0.3, 0.4) is 0 Å². The zero-order valence-corrected chi connectivity index (χ0v) is 12.4. The number of rotatable bonds is 5. The monoisotopic (exact) mass is 276 g/mol. The highest BCUT2D eigenvalue weighted by atomic mass is 16.5. The second-order valence-electron chi connectivity index (χ2n) is 5.60. The van der Waals surface area contributed by atoms with Gasteiger partial charge >= 0.3 is 5.97 Å². The Morgan fingerprint density at radius 3 is 2.25 bits per heavy atom. The molecule has 0 heterocycles. The van der Waals surface area contributed by atoms with Crippen molar-refractivity contribution in [1.29, 1.82) is 0 Å². The molecule has 3 heteroatoms. The van der Waals surface area contributed by atoms with Gasteiger partial charge in [-0.05, 0) is 55.9 Å². The average molecular weight is 276 g/mol. The zero-order chi connectivity index (χ0) is 14.4. The maximum absolute atomic E-state index is 12.1. The van der Waals surface area contributed by atoms with Crippen molar-refractivity contribution in [1.82, 2.24) is 0 Å². The molecule has 0 N–H and O–H groups in total. The summed E-state index contributed by atoms with van der Waals surface area (Å²) in [6.07, 6.45) is 6.80. The van der Waals surface area contributed by atoms with Gasteiger partial charge in [-0.3, -0.25) is 4.79 Å². The minimum Gasteiger partial charge on any atom is -0.497 e. The molecule has 3 nitrogen and oxygen atoms in total. The van der Waals surface area contributed by atoms with E-state index in [0.717, 1.165) is 37.4 Å². The number of carbonyl (C=O) groups excluding carboxylic acids is 1. The number of hydrogen-bond donors (Lipinski definition) is 0. The lowest BCUT2D eigenvalue weighted by Gasteiger charge is -2.26. The number of esters is 1. The van der Waals surface area contributed by atoms with Gasteiger partial charge in [0.05, 0.1) is 13.0 Å². The summed E-state index contributed by atoms with van der Waals surface area (Å²) in [5.41, 5.74) is 0. The molecular weight excluding hydrogens is 252 g/mol. The first kappa shape index (κ1) is 14.9. The maximum atomic E-state index is 12.1. The van der Waals surface area contributed by atoms with Crippen LogP contribution in [0.15, 0.2) is 24.3 Å². The molecule has 0 bridgehead atoms. The number of hydrogen-bond acceptors (Lipinski definition) is 3. The first-order valence-electron chi connectivity index (χ1n) is 7.58. The molecule has 2 rings (SSSR count). The van der Waals surface area contributed by atoms with Gasteiger partial charge in [-0.1, -0.05) is 19.8 Å². The van der Waals surface area contributed by atoms with Gasteiger partial charge in [0.1, 0.15) is 11.5 Å². The minimum absolute atomic E-state index is 0.0743. The van der Waals surface area contributed by atoms with Gasteiger partial charge in [0, 0.05) is 0 Å². The molecule has 1 fully saturated rings. The van der Waals surface area contributed by atoms with Crippen molar-refractivity contribution in [3.05, 3.63) is 24.3 Å². The van der Waals surface area contributed by atoms with Crippen LogP contribution in [0, 0.1) is 11.8 Å². The molecule has 0 amide bonds. The fraction of sp³-hybridized carbons (Fsp3) is 0.588. The molecule has 0 radical (unpaired) electrons. The van der Waals surface area contributed by atoms with Crippen LogP contribution in [0.1, 0.15) is 45.4 Å². The van der Waals surface area contributed by atoms with E-state index < -0.39 is 0 Å². The normalized spacial score (nSPS) is 22.3.